The molecule has 70 valence electrons. The van der Waals surface area contributed by atoms with Crippen LogP contribution in [-0.4, -0.2) is 18.6 Å². The summed E-state index contributed by atoms with van der Waals surface area (Å²) in [4.78, 5) is 3.98. The number of pyridine rings is 1. The molecule has 0 unspecified atom stereocenters. The van der Waals surface area contributed by atoms with Crippen molar-refractivity contribution in [3.8, 4) is 0 Å². The molecule has 2 nitrogen and oxygen atoms in total. The molecule has 0 radical (unpaired) electrons. The van der Waals surface area contributed by atoms with Crippen molar-refractivity contribution < 1.29 is 0 Å². The Kier molecular flexibility index (Phi) is 4.50. The number of hydrogen-bond acceptors (Lipinski definition) is 2. The zero-order valence-corrected chi connectivity index (χ0v) is 8.38. The first kappa shape index (κ1) is 10.2. The van der Waals surface area contributed by atoms with Crippen molar-refractivity contribution in [2.75, 3.05) is 13.6 Å². The highest BCUT2D eigenvalue weighted by Gasteiger charge is 1.87. The van der Waals surface area contributed by atoms with Crippen LogP contribution in [0.1, 0.15) is 12.0 Å². The molecule has 0 spiro atoms. The average molecular weight is 197 g/mol. The third-order valence-electron chi connectivity index (χ3n) is 1.62. The predicted molar refractivity (Wildman–Crippen MR) is 56.8 cm³/mol. The maximum atomic E-state index is 5.65. The maximum Gasteiger partial charge on any atom is 0.129 e. The van der Waals surface area contributed by atoms with E-state index in [2.05, 4.69) is 16.4 Å². The summed E-state index contributed by atoms with van der Waals surface area (Å²) in [5.41, 5.74) is 1.08. The summed E-state index contributed by atoms with van der Waals surface area (Å²) in [6.07, 6.45) is 6.94. The van der Waals surface area contributed by atoms with E-state index in [4.69, 9.17) is 11.6 Å². The van der Waals surface area contributed by atoms with Gasteiger partial charge in [0.1, 0.15) is 5.15 Å². The second-order valence-electron chi connectivity index (χ2n) is 2.71. The first-order valence-electron chi connectivity index (χ1n) is 4.25. The SMILES string of the molecule is CNCCC=Cc1ccc(Cl)nc1. The molecule has 0 aliphatic heterocycles. The van der Waals surface area contributed by atoms with Gasteiger partial charge in [-0.25, -0.2) is 4.98 Å². The zero-order chi connectivity index (χ0) is 9.52. The third-order valence-corrected chi connectivity index (χ3v) is 1.85. The van der Waals surface area contributed by atoms with Gasteiger partial charge in [0.15, 0.2) is 0 Å². The summed E-state index contributed by atoms with van der Waals surface area (Å²) in [6.45, 7) is 0.998. The van der Waals surface area contributed by atoms with Gasteiger partial charge in [0, 0.05) is 6.20 Å². The van der Waals surface area contributed by atoms with Gasteiger partial charge >= 0.3 is 0 Å². The molecule has 0 saturated heterocycles. The molecule has 0 aliphatic rings. The van der Waals surface area contributed by atoms with E-state index in [9.17, 15) is 0 Å². The summed E-state index contributed by atoms with van der Waals surface area (Å²) < 4.78 is 0. The second-order valence-corrected chi connectivity index (χ2v) is 3.10. The Labute approximate surface area is 83.6 Å². The summed E-state index contributed by atoms with van der Waals surface area (Å²) in [5, 5.41) is 3.61. The fraction of sp³-hybridized carbons (Fsp3) is 0.300. The normalized spacial score (nSPS) is 10.9. The van der Waals surface area contributed by atoms with Crippen molar-refractivity contribution >= 4 is 17.7 Å². The highest BCUT2D eigenvalue weighted by Crippen LogP contribution is 2.06. The molecule has 3 heteroatoms. The van der Waals surface area contributed by atoms with E-state index in [0.717, 1.165) is 18.5 Å². The van der Waals surface area contributed by atoms with E-state index in [0.29, 0.717) is 5.15 Å². The molecule has 1 heterocycles. The van der Waals surface area contributed by atoms with Crippen LogP contribution in [0.5, 0.6) is 0 Å². The van der Waals surface area contributed by atoms with E-state index >= 15 is 0 Å². The first-order valence-corrected chi connectivity index (χ1v) is 4.63. The largest absolute Gasteiger partial charge is 0.319 e. The van der Waals surface area contributed by atoms with Gasteiger partial charge in [-0.15, -0.1) is 0 Å². The number of rotatable bonds is 4. The Morgan fingerprint density at radius 3 is 3.00 bits per heavy atom. The molecular weight excluding hydrogens is 184 g/mol. The lowest BCUT2D eigenvalue weighted by Crippen LogP contribution is -2.05. The molecule has 0 saturated carbocycles. The number of hydrogen-bond donors (Lipinski definition) is 1. The molecule has 0 aliphatic carbocycles. The summed E-state index contributed by atoms with van der Waals surface area (Å²) in [5.74, 6) is 0. The van der Waals surface area contributed by atoms with Crippen LogP contribution >= 0.6 is 11.6 Å². The van der Waals surface area contributed by atoms with Crippen LogP contribution in [0.4, 0.5) is 0 Å². The van der Waals surface area contributed by atoms with Crippen molar-refractivity contribution in [2.24, 2.45) is 0 Å². The molecule has 1 N–H and O–H groups in total. The molecule has 0 aromatic carbocycles. The number of nitrogens with zero attached hydrogens (tertiary/aromatic N) is 1. The minimum atomic E-state index is 0.535. The maximum absolute atomic E-state index is 5.65. The lowest BCUT2D eigenvalue weighted by Gasteiger charge is -1.93. The fourth-order valence-corrected chi connectivity index (χ4v) is 1.04. The zero-order valence-electron chi connectivity index (χ0n) is 7.63. The van der Waals surface area contributed by atoms with Crippen molar-refractivity contribution in [1.82, 2.24) is 10.3 Å². The van der Waals surface area contributed by atoms with Gasteiger partial charge in [-0.3, -0.25) is 0 Å². The van der Waals surface area contributed by atoms with Gasteiger partial charge in [-0.2, -0.15) is 0 Å². The van der Waals surface area contributed by atoms with E-state index in [-0.39, 0.29) is 0 Å². The number of halogens is 1. The fourth-order valence-electron chi connectivity index (χ4n) is 0.933. The smallest absolute Gasteiger partial charge is 0.129 e. The second kappa shape index (κ2) is 5.73. The molecule has 0 fully saturated rings. The lowest BCUT2D eigenvalue weighted by atomic mass is 10.2. The molecule has 0 atom stereocenters. The quantitative estimate of drug-likeness (QED) is 0.591. The minimum Gasteiger partial charge on any atom is -0.319 e. The molecule has 13 heavy (non-hydrogen) atoms. The van der Waals surface area contributed by atoms with Gasteiger partial charge in [-0.1, -0.05) is 29.8 Å². The number of aromatic nitrogens is 1. The minimum absolute atomic E-state index is 0.535. The van der Waals surface area contributed by atoms with Crippen LogP contribution in [0, 0.1) is 0 Å². The third kappa shape index (κ3) is 4.06. The Hall–Kier alpha value is -0.860. The van der Waals surface area contributed by atoms with Crippen LogP contribution < -0.4 is 5.32 Å². The molecular formula is C10H13ClN2. The lowest BCUT2D eigenvalue weighted by molar-refractivity contribution is 0.809. The molecule has 1 aromatic rings. The Bertz CT molecular complexity index is 267. The summed E-state index contributed by atoms with van der Waals surface area (Å²) >= 11 is 5.65. The number of nitrogens with one attached hydrogen (secondary N) is 1. The van der Waals surface area contributed by atoms with Gasteiger partial charge in [0.2, 0.25) is 0 Å². The topological polar surface area (TPSA) is 24.9 Å². The van der Waals surface area contributed by atoms with Crippen molar-refractivity contribution in [1.29, 1.82) is 0 Å². The van der Waals surface area contributed by atoms with Crippen molar-refractivity contribution in [3.63, 3.8) is 0 Å². The highest BCUT2D eigenvalue weighted by molar-refractivity contribution is 6.29. The van der Waals surface area contributed by atoms with E-state index in [1.807, 2.05) is 19.2 Å². The molecule has 1 aromatic heterocycles. The van der Waals surface area contributed by atoms with E-state index in [1.165, 1.54) is 0 Å². The molecule has 0 amide bonds. The Morgan fingerprint density at radius 2 is 2.38 bits per heavy atom. The standard InChI is InChI=1S/C10H13ClN2/c1-12-7-3-2-4-9-5-6-10(11)13-8-9/h2,4-6,8,12H,3,7H2,1H3. The van der Waals surface area contributed by atoms with Gasteiger partial charge in [-0.05, 0) is 31.6 Å². The predicted octanol–water partition coefficient (Wildman–Crippen LogP) is 2.36. The monoisotopic (exact) mass is 196 g/mol. The first-order chi connectivity index (χ1) is 6.33. The van der Waals surface area contributed by atoms with E-state index in [1.54, 1.807) is 12.3 Å². The molecule has 0 bridgehead atoms. The highest BCUT2D eigenvalue weighted by atomic mass is 35.5. The van der Waals surface area contributed by atoms with Gasteiger partial charge in [0.05, 0.1) is 0 Å². The van der Waals surface area contributed by atoms with Crippen LogP contribution in [0.3, 0.4) is 0 Å². The molecule has 1 rings (SSSR count). The van der Waals surface area contributed by atoms with Crippen molar-refractivity contribution in [3.05, 3.63) is 35.1 Å². The van der Waals surface area contributed by atoms with Crippen molar-refractivity contribution in [2.45, 2.75) is 6.42 Å². The Balaban J connectivity index is 2.44. The Morgan fingerprint density at radius 1 is 1.54 bits per heavy atom. The van der Waals surface area contributed by atoms with E-state index < -0.39 is 0 Å². The van der Waals surface area contributed by atoms with Crippen LogP contribution in [0.2, 0.25) is 5.15 Å². The van der Waals surface area contributed by atoms with Crippen LogP contribution in [0.25, 0.3) is 6.08 Å². The van der Waals surface area contributed by atoms with Crippen LogP contribution in [-0.2, 0) is 0 Å². The van der Waals surface area contributed by atoms with Crippen LogP contribution in [0.15, 0.2) is 24.4 Å². The average Bonchev–Trinajstić information content (AvgIpc) is 2.15. The van der Waals surface area contributed by atoms with Gasteiger partial charge in [0.25, 0.3) is 0 Å². The summed E-state index contributed by atoms with van der Waals surface area (Å²) in [6, 6.07) is 3.74. The van der Waals surface area contributed by atoms with Gasteiger partial charge < -0.3 is 5.32 Å². The summed E-state index contributed by atoms with van der Waals surface area (Å²) in [7, 11) is 1.94.